The molecule has 0 saturated heterocycles. The Labute approximate surface area is 293 Å². The number of phosphoric ester groups is 1. The van der Waals surface area contributed by atoms with Crippen molar-refractivity contribution >= 4 is 30.7 Å². The molecule has 1 aromatic heterocycles. The highest BCUT2D eigenvalue weighted by Gasteiger charge is 2.30. The van der Waals surface area contributed by atoms with Gasteiger partial charge >= 0.3 is 19.8 Å². The van der Waals surface area contributed by atoms with E-state index in [0.29, 0.717) is 37.1 Å². The molecule has 0 spiro atoms. The molecular weight excluding hydrogens is 659 g/mol. The number of rotatable bonds is 17. The molecule has 3 heterocycles. The van der Waals surface area contributed by atoms with Crippen molar-refractivity contribution in [2.45, 2.75) is 46.4 Å². The molecule has 0 radical (unpaired) electrons. The van der Waals surface area contributed by atoms with Gasteiger partial charge in [-0.1, -0.05) is 54.1 Å². The number of aromatic nitrogens is 1. The predicted molar refractivity (Wildman–Crippen MR) is 190 cm³/mol. The van der Waals surface area contributed by atoms with Crippen LogP contribution in [0.3, 0.4) is 0 Å². The lowest BCUT2D eigenvalue weighted by molar-refractivity contribution is -0.149. The zero-order chi connectivity index (χ0) is 35.5. The minimum Gasteiger partial charge on any atom is -0.434 e. The third-order valence-corrected chi connectivity index (χ3v) is 9.39. The van der Waals surface area contributed by atoms with Crippen LogP contribution < -0.4 is 0 Å². The van der Waals surface area contributed by atoms with Crippen molar-refractivity contribution in [1.82, 2.24) is 19.3 Å². The summed E-state index contributed by atoms with van der Waals surface area (Å²) >= 11 is 0. The van der Waals surface area contributed by atoms with E-state index in [2.05, 4.69) is 11.0 Å². The van der Waals surface area contributed by atoms with E-state index in [9.17, 15) is 14.2 Å². The van der Waals surface area contributed by atoms with Gasteiger partial charge in [-0.05, 0) is 63.8 Å². The van der Waals surface area contributed by atoms with Crippen LogP contribution in [-0.2, 0) is 56.9 Å². The van der Waals surface area contributed by atoms with Crippen LogP contribution in [0.4, 0.5) is 0 Å². The van der Waals surface area contributed by atoms with Gasteiger partial charge in [0.2, 0.25) is 13.6 Å². The third-order valence-electron chi connectivity index (χ3n) is 8.11. The lowest BCUT2D eigenvalue weighted by Crippen LogP contribution is -2.19. The van der Waals surface area contributed by atoms with E-state index in [1.165, 1.54) is 0 Å². The Kier molecular flexibility index (Phi) is 12.9. The molecule has 0 fully saturated rings. The van der Waals surface area contributed by atoms with Gasteiger partial charge < -0.3 is 28.7 Å². The topological polar surface area (TPSA) is 112 Å². The van der Waals surface area contributed by atoms with Crippen LogP contribution in [0.5, 0.6) is 0 Å². The number of carbonyl (C=O) groups is 2. The molecule has 0 amide bonds. The van der Waals surface area contributed by atoms with E-state index in [-0.39, 0.29) is 6.73 Å². The molecular formula is C37H45N4O8P. The van der Waals surface area contributed by atoms with Crippen molar-refractivity contribution in [2.75, 3.05) is 40.8 Å². The lowest BCUT2D eigenvalue weighted by Gasteiger charge is -2.22. The summed E-state index contributed by atoms with van der Waals surface area (Å²) in [5.41, 5.74) is 4.99. The molecule has 266 valence electrons. The Bertz CT molecular complexity index is 1810. The first kappa shape index (κ1) is 36.8. The molecule has 50 heavy (non-hydrogen) atoms. The maximum absolute atomic E-state index is 13.9. The van der Waals surface area contributed by atoms with Gasteiger partial charge in [-0.2, -0.15) is 0 Å². The van der Waals surface area contributed by atoms with Gasteiger partial charge in [-0.15, -0.1) is 0 Å². The van der Waals surface area contributed by atoms with Crippen molar-refractivity contribution in [3.63, 3.8) is 0 Å². The molecule has 2 aliphatic heterocycles. The first-order valence-corrected chi connectivity index (χ1v) is 18.0. The zero-order valence-electron chi connectivity index (χ0n) is 29.0. The van der Waals surface area contributed by atoms with Crippen LogP contribution in [0.25, 0.3) is 10.9 Å². The number of nitrogens with zero attached hydrogens (tertiary/aromatic N) is 4. The number of phosphoric acid groups is 1. The van der Waals surface area contributed by atoms with Crippen LogP contribution >= 0.6 is 7.82 Å². The van der Waals surface area contributed by atoms with Gasteiger partial charge in [-0.3, -0.25) is 4.52 Å². The molecule has 2 aromatic carbocycles. The van der Waals surface area contributed by atoms with Gasteiger partial charge in [0.05, 0.1) is 16.7 Å². The second kappa shape index (κ2) is 17.5. The molecule has 0 aliphatic carbocycles. The quantitative estimate of drug-likeness (QED) is 0.0861. The van der Waals surface area contributed by atoms with Crippen LogP contribution in [0, 0.1) is 6.92 Å². The molecule has 5 rings (SSSR count). The molecule has 3 aromatic rings. The average molecular weight is 705 g/mol. The summed E-state index contributed by atoms with van der Waals surface area (Å²) < 4.78 is 43.1. The number of ether oxygens (including phenoxy) is 2. The van der Waals surface area contributed by atoms with Gasteiger partial charge in [0.25, 0.3) is 0 Å². The molecule has 2 aliphatic rings. The van der Waals surface area contributed by atoms with E-state index in [0.717, 1.165) is 40.6 Å². The Morgan fingerprint density at radius 3 is 2.14 bits per heavy atom. The summed E-state index contributed by atoms with van der Waals surface area (Å²) in [6.07, 6.45) is 14.4. The van der Waals surface area contributed by atoms with Crippen molar-refractivity contribution in [3.05, 3.63) is 120 Å². The van der Waals surface area contributed by atoms with E-state index < -0.39 is 33.3 Å². The third kappa shape index (κ3) is 10.3. The zero-order valence-corrected chi connectivity index (χ0v) is 29.9. The smallest absolute Gasteiger partial charge is 0.434 e. The van der Waals surface area contributed by atoms with Crippen LogP contribution in [0.2, 0.25) is 0 Å². The SMILES string of the molecule is CCN1C=CCC(C(=O)OCOP(=O)(OCOC(=O)C2=CN(Cc3ccccc3)C=CC2)OCn2cc(CCN(C)C)c3cc(C)ccc32)=C1. The highest BCUT2D eigenvalue weighted by atomic mass is 31.2. The molecule has 1 unspecified atom stereocenters. The number of hydrogen-bond acceptors (Lipinski definition) is 11. The summed E-state index contributed by atoms with van der Waals surface area (Å²) in [5, 5.41) is 1.06. The standard InChI is InChI=1S/C37H45N4O8P/c1-5-39-18-9-13-32(23-39)36(42)45-27-48-50(44,47-26-41-25-31(17-20-38(3)4)34-21-29(2)15-16-35(34)41)49-28-46-37(43)33-14-10-19-40(24-33)22-30-11-7-6-8-12-30/h6-12,15-16,18-19,21,23-25H,5,13-14,17,20,22,26-28H2,1-4H3. The molecule has 13 heteroatoms. The maximum Gasteiger partial charge on any atom is 0.482 e. The second-order valence-corrected chi connectivity index (χ2v) is 13.9. The van der Waals surface area contributed by atoms with Crippen molar-refractivity contribution in [2.24, 2.45) is 0 Å². The van der Waals surface area contributed by atoms with E-state index in [4.69, 9.17) is 23.0 Å². The molecule has 12 nitrogen and oxygen atoms in total. The van der Waals surface area contributed by atoms with E-state index >= 15 is 0 Å². The summed E-state index contributed by atoms with van der Waals surface area (Å²) in [5.74, 6) is -1.26. The number of likely N-dealkylation sites (N-methyl/N-ethyl adjacent to an activating group) is 1. The fourth-order valence-corrected chi connectivity index (χ4v) is 6.29. The number of esters is 2. The number of fused-ring (bicyclic) bond motifs is 1. The highest BCUT2D eigenvalue weighted by Crippen LogP contribution is 2.50. The minimum absolute atomic E-state index is 0.202. The predicted octanol–water partition coefficient (Wildman–Crippen LogP) is 6.60. The Balaban J connectivity index is 1.25. The highest BCUT2D eigenvalue weighted by molar-refractivity contribution is 7.48. The number of benzene rings is 2. The number of carbonyl (C=O) groups excluding carboxylic acids is 2. The van der Waals surface area contributed by atoms with Gasteiger partial charge in [0.1, 0.15) is 6.73 Å². The first-order valence-electron chi connectivity index (χ1n) is 16.5. The normalized spacial score (nSPS) is 15.6. The Hall–Kier alpha value is -4.45. The van der Waals surface area contributed by atoms with Gasteiger partial charge in [0.15, 0.2) is 0 Å². The Morgan fingerprint density at radius 1 is 0.860 bits per heavy atom. The number of hydrogen-bond donors (Lipinski definition) is 0. The fourth-order valence-electron chi connectivity index (χ4n) is 5.44. The lowest BCUT2D eigenvalue weighted by atomic mass is 10.1. The van der Waals surface area contributed by atoms with Crippen LogP contribution in [0.1, 0.15) is 36.5 Å². The number of aryl methyl sites for hydroxylation is 1. The summed E-state index contributed by atoms with van der Waals surface area (Å²) in [6, 6.07) is 15.9. The molecule has 0 N–H and O–H groups in total. The van der Waals surface area contributed by atoms with Gasteiger partial charge in [-0.25, -0.2) is 23.2 Å². The maximum atomic E-state index is 13.9. The molecule has 0 bridgehead atoms. The van der Waals surface area contributed by atoms with Gasteiger partial charge in [0, 0.05) is 62.7 Å². The van der Waals surface area contributed by atoms with E-state index in [1.807, 2.05) is 116 Å². The van der Waals surface area contributed by atoms with Crippen molar-refractivity contribution < 1.29 is 37.2 Å². The molecule has 1 atom stereocenters. The monoisotopic (exact) mass is 704 g/mol. The largest absolute Gasteiger partial charge is 0.482 e. The second-order valence-electron chi connectivity index (χ2n) is 12.2. The average Bonchev–Trinajstić information content (AvgIpc) is 3.46. The summed E-state index contributed by atoms with van der Waals surface area (Å²) in [7, 11) is -0.403. The molecule has 0 saturated carbocycles. The van der Waals surface area contributed by atoms with Crippen molar-refractivity contribution in [1.29, 1.82) is 0 Å². The number of allylic oxidation sites excluding steroid dienone is 2. The summed E-state index contributed by atoms with van der Waals surface area (Å²) in [6.45, 7) is 4.46. The minimum atomic E-state index is -4.43. The van der Waals surface area contributed by atoms with E-state index in [1.54, 1.807) is 12.4 Å². The Morgan fingerprint density at radius 2 is 1.50 bits per heavy atom. The first-order chi connectivity index (χ1) is 24.1. The van der Waals surface area contributed by atoms with Crippen LogP contribution in [-0.4, -0.2) is 72.0 Å². The fraction of sp³-hybridized carbons (Fsp3) is 0.351. The van der Waals surface area contributed by atoms with Crippen LogP contribution in [0.15, 0.2) is 103 Å². The summed E-state index contributed by atoms with van der Waals surface area (Å²) in [4.78, 5) is 31.6. The van der Waals surface area contributed by atoms with Crippen molar-refractivity contribution in [3.8, 4) is 0 Å².